The van der Waals surface area contributed by atoms with Gasteiger partial charge in [0.2, 0.25) is 11.8 Å². The van der Waals surface area contributed by atoms with E-state index < -0.39 is 11.6 Å². The number of carbonyl (C=O) groups excluding carboxylic acids is 2. The predicted molar refractivity (Wildman–Crippen MR) is 144 cm³/mol. The van der Waals surface area contributed by atoms with Crippen LogP contribution in [0.3, 0.4) is 0 Å². The van der Waals surface area contributed by atoms with Crippen LogP contribution in [0.5, 0.6) is 5.75 Å². The van der Waals surface area contributed by atoms with Gasteiger partial charge >= 0.3 is 0 Å². The van der Waals surface area contributed by atoms with Crippen molar-refractivity contribution in [2.45, 2.75) is 52.2 Å². The van der Waals surface area contributed by atoms with Crippen LogP contribution in [0.4, 0.5) is 5.69 Å². The summed E-state index contributed by atoms with van der Waals surface area (Å²) in [7, 11) is 1.59. The largest absolute Gasteiger partial charge is 0.497 e. The molecule has 0 spiro atoms. The van der Waals surface area contributed by atoms with Crippen molar-refractivity contribution < 1.29 is 14.3 Å². The molecule has 0 radical (unpaired) electrons. The van der Waals surface area contributed by atoms with Crippen LogP contribution in [-0.2, 0) is 16.1 Å². The Hall–Kier alpha value is -4.20. The number of hydrogen-bond donors (Lipinski definition) is 1. The van der Waals surface area contributed by atoms with Gasteiger partial charge in [0.05, 0.1) is 12.6 Å². The van der Waals surface area contributed by atoms with Gasteiger partial charge in [-0.15, -0.1) is 5.10 Å². The average molecular weight is 500 g/mol. The number of amides is 2. The zero-order valence-corrected chi connectivity index (χ0v) is 21.9. The minimum atomic E-state index is -0.915. The highest BCUT2D eigenvalue weighted by Gasteiger charge is 2.35. The number of aryl methyl sites for hydroxylation is 1. The summed E-state index contributed by atoms with van der Waals surface area (Å²) in [5.41, 5.74) is 3.33. The molecule has 1 aromatic heterocycles. The lowest BCUT2D eigenvalue weighted by Crippen LogP contribution is -2.51. The minimum absolute atomic E-state index is 0.0779. The Labute approximate surface area is 217 Å². The standard InChI is InChI=1S/C29H33N5O3/c1-6-29(3,4)30-28(36)27(21-13-17-23(37-5)18-14-21)34(22-15-11-20(2)12-16-22)26(35)19-33-25-10-8-7-9-24(25)31-32-33/h7-18,27H,6,19H2,1-5H3,(H,30,36)/t27-/m1/s1. The van der Waals surface area contributed by atoms with Gasteiger partial charge in [-0.25, -0.2) is 4.68 Å². The molecule has 0 fully saturated rings. The number of hydrogen-bond acceptors (Lipinski definition) is 5. The monoisotopic (exact) mass is 499 g/mol. The first-order valence-electron chi connectivity index (χ1n) is 12.4. The Morgan fingerprint density at radius 2 is 1.70 bits per heavy atom. The topological polar surface area (TPSA) is 89.4 Å². The molecule has 0 aliphatic heterocycles. The highest BCUT2D eigenvalue weighted by atomic mass is 16.5. The molecule has 1 heterocycles. The summed E-state index contributed by atoms with van der Waals surface area (Å²) < 4.78 is 6.89. The molecule has 37 heavy (non-hydrogen) atoms. The molecule has 1 atom stereocenters. The third-order valence-corrected chi connectivity index (χ3v) is 6.57. The quantitative estimate of drug-likeness (QED) is 0.356. The summed E-state index contributed by atoms with van der Waals surface area (Å²) in [4.78, 5) is 29.5. The van der Waals surface area contributed by atoms with Crippen LogP contribution in [-0.4, -0.2) is 39.5 Å². The number of nitrogens with one attached hydrogen (secondary N) is 1. The van der Waals surface area contributed by atoms with Crippen LogP contribution >= 0.6 is 0 Å². The van der Waals surface area contributed by atoms with E-state index in [-0.39, 0.29) is 18.4 Å². The van der Waals surface area contributed by atoms with E-state index in [1.54, 1.807) is 28.8 Å². The van der Waals surface area contributed by atoms with Gasteiger partial charge in [0.1, 0.15) is 23.9 Å². The van der Waals surface area contributed by atoms with Crippen LogP contribution in [0.1, 0.15) is 44.4 Å². The maximum absolute atomic E-state index is 14.0. The highest BCUT2D eigenvalue weighted by molar-refractivity contribution is 6.01. The van der Waals surface area contributed by atoms with Gasteiger partial charge in [-0.1, -0.05) is 54.1 Å². The van der Waals surface area contributed by atoms with Gasteiger partial charge < -0.3 is 10.1 Å². The smallest absolute Gasteiger partial charge is 0.249 e. The molecule has 192 valence electrons. The summed E-state index contributed by atoms with van der Waals surface area (Å²) >= 11 is 0. The Morgan fingerprint density at radius 3 is 2.35 bits per heavy atom. The van der Waals surface area contributed by atoms with E-state index in [9.17, 15) is 9.59 Å². The fraction of sp³-hybridized carbons (Fsp3) is 0.310. The van der Waals surface area contributed by atoms with E-state index in [2.05, 4.69) is 15.6 Å². The van der Waals surface area contributed by atoms with Crippen molar-refractivity contribution in [3.05, 3.63) is 83.9 Å². The molecule has 0 aliphatic rings. The molecular formula is C29H33N5O3. The van der Waals surface area contributed by atoms with Crippen molar-refractivity contribution in [1.82, 2.24) is 20.3 Å². The zero-order chi connectivity index (χ0) is 26.6. The molecule has 3 aromatic carbocycles. The Bertz CT molecular complexity index is 1380. The Kier molecular flexibility index (Phi) is 7.57. The van der Waals surface area contributed by atoms with E-state index in [0.717, 1.165) is 17.5 Å². The molecule has 4 aromatic rings. The van der Waals surface area contributed by atoms with Crippen molar-refractivity contribution in [1.29, 1.82) is 0 Å². The Balaban J connectivity index is 1.81. The van der Waals surface area contributed by atoms with Crippen LogP contribution < -0.4 is 15.0 Å². The van der Waals surface area contributed by atoms with E-state index in [1.165, 1.54) is 0 Å². The van der Waals surface area contributed by atoms with Gasteiger partial charge in [0.15, 0.2) is 0 Å². The molecule has 0 aliphatic carbocycles. The number of carbonyl (C=O) groups is 2. The number of ether oxygens (including phenoxy) is 1. The van der Waals surface area contributed by atoms with Crippen LogP contribution in [0.15, 0.2) is 72.8 Å². The van der Waals surface area contributed by atoms with E-state index in [1.807, 2.05) is 88.4 Å². The second kappa shape index (κ2) is 10.8. The summed E-state index contributed by atoms with van der Waals surface area (Å²) in [6, 6.07) is 21.4. The highest BCUT2D eigenvalue weighted by Crippen LogP contribution is 2.31. The molecule has 8 heteroatoms. The van der Waals surface area contributed by atoms with Gasteiger partial charge in [-0.3, -0.25) is 14.5 Å². The van der Waals surface area contributed by atoms with E-state index >= 15 is 0 Å². The first-order valence-corrected chi connectivity index (χ1v) is 12.4. The number of rotatable bonds is 9. The fourth-order valence-corrected chi connectivity index (χ4v) is 4.08. The zero-order valence-electron chi connectivity index (χ0n) is 21.9. The molecule has 2 amide bonds. The van der Waals surface area contributed by atoms with Crippen molar-refractivity contribution in [2.24, 2.45) is 0 Å². The molecule has 4 rings (SSSR count). The number of aromatic nitrogens is 3. The van der Waals surface area contributed by atoms with Gasteiger partial charge in [-0.2, -0.15) is 0 Å². The minimum Gasteiger partial charge on any atom is -0.497 e. The first kappa shape index (κ1) is 25.9. The van der Waals surface area contributed by atoms with E-state index in [0.29, 0.717) is 22.5 Å². The number of benzene rings is 3. The predicted octanol–water partition coefficient (Wildman–Crippen LogP) is 4.83. The molecule has 8 nitrogen and oxygen atoms in total. The second-order valence-electron chi connectivity index (χ2n) is 9.74. The maximum atomic E-state index is 14.0. The number of anilines is 1. The first-order chi connectivity index (χ1) is 17.7. The fourth-order valence-electron chi connectivity index (χ4n) is 4.08. The third kappa shape index (κ3) is 5.80. The SMILES string of the molecule is CCC(C)(C)NC(=O)[C@@H](c1ccc(OC)cc1)N(C(=O)Cn1nnc2ccccc21)c1ccc(C)cc1. The van der Waals surface area contributed by atoms with Crippen molar-refractivity contribution in [3.63, 3.8) is 0 Å². The summed E-state index contributed by atoms with van der Waals surface area (Å²) in [5.74, 6) is 0.110. The number of fused-ring (bicyclic) bond motifs is 1. The Morgan fingerprint density at radius 1 is 1.03 bits per heavy atom. The van der Waals surface area contributed by atoms with Gasteiger partial charge in [-0.05, 0) is 69.2 Å². The summed E-state index contributed by atoms with van der Waals surface area (Å²) in [5, 5.41) is 11.5. The molecular weight excluding hydrogens is 466 g/mol. The molecule has 0 unspecified atom stereocenters. The molecule has 1 N–H and O–H groups in total. The lowest BCUT2D eigenvalue weighted by Gasteiger charge is -2.34. The maximum Gasteiger partial charge on any atom is 0.249 e. The number of para-hydroxylation sites is 1. The van der Waals surface area contributed by atoms with Gasteiger partial charge in [0.25, 0.3) is 0 Å². The molecule has 0 bridgehead atoms. The van der Waals surface area contributed by atoms with Crippen LogP contribution in [0.2, 0.25) is 0 Å². The van der Waals surface area contributed by atoms with Crippen molar-refractivity contribution in [2.75, 3.05) is 12.0 Å². The second-order valence-corrected chi connectivity index (χ2v) is 9.74. The average Bonchev–Trinajstić information content (AvgIpc) is 3.30. The van der Waals surface area contributed by atoms with Crippen molar-refractivity contribution >= 4 is 28.5 Å². The number of nitrogens with zero attached hydrogens (tertiary/aromatic N) is 4. The lowest BCUT2D eigenvalue weighted by molar-refractivity contribution is -0.128. The third-order valence-electron chi connectivity index (χ3n) is 6.57. The van der Waals surface area contributed by atoms with Crippen molar-refractivity contribution in [3.8, 4) is 5.75 Å². The molecule has 0 saturated heterocycles. The summed E-state index contributed by atoms with van der Waals surface area (Å²) in [6.07, 6.45) is 0.734. The molecule has 0 saturated carbocycles. The number of methoxy groups -OCH3 is 1. The van der Waals surface area contributed by atoms with Crippen LogP contribution in [0, 0.1) is 6.92 Å². The van der Waals surface area contributed by atoms with Gasteiger partial charge in [0, 0.05) is 11.2 Å². The lowest BCUT2D eigenvalue weighted by atomic mass is 9.98. The van der Waals surface area contributed by atoms with Crippen LogP contribution in [0.25, 0.3) is 11.0 Å². The summed E-state index contributed by atoms with van der Waals surface area (Å²) in [6.45, 7) is 7.85. The normalized spacial score (nSPS) is 12.2. The van der Waals surface area contributed by atoms with E-state index in [4.69, 9.17) is 4.74 Å².